The van der Waals surface area contributed by atoms with Crippen molar-refractivity contribution < 1.29 is 29.6 Å². The minimum atomic E-state index is -1.25. The number of carbonyl (C=O) groups excluding carboxylic acids is 2. The highest BCUT2D eigenvalue weighted by molar-refractivity contribution is 6.99. The third-order valence-electron chi connectivity index (χ3n) is 8.68. The van der Waals surface area contributed by atoms with E-state index < -0.39 is 35.6 Å². The Labute approximate surface area is 224 Å². The highest BCUT2D eigenvalue weighted by Gasteiger charge is 2.58. The lowest BCUT2D eigenvalue weighted by Crippen LogP contribution is -2.45. The van der Waals surface area contributed by atoms with Crippen molar-refractivity contribution in [2.45, 2.75) is 104 Å². The second-order valence-corrected chi connectivity index (χ2v) is 12.2. The van der Waals surface area contributed by atoms with E-state index in [9.17, 15) is 24.9 Å². The van der Waals surface area contributed by atoms with Gasteiger partial charge in [0.1, 0.15) is 11.9 Å². The normalized spacial score (nSPS) is 38.1. The SMILES string of the molecule is C/C(=C\c1cnsn1)[C@@H]1C[C@@H]2N(CCO)[C@]2(C)CCC[C@H](C)[C@H](O)[C@@H](C)C(=O)C(C)(C)[C@@H](O)CC(=O)O1. The molecule has 0 aromatic carbocycles. The minimum Gasteiger partial charge on any atom is -0.458 e. The summed E-state index contributed by atoms with van der Waals surface area (Å²) in [5, 5.41) is 31.5. The first-order valence-electron chi connectivity index (χ1n) is 13.3. The molecular formula is C27H43N3O6S. The van der Waals surface area contributed by atoms with Crippen LogP contribution in [0.25, 0.3) is 6.08 Å². The zero-order valence-corrected chi connectivity index (χ0v) is 23.7. The molecule has 0 radical (unpaired) electrons. The average Bonchev–Trinajstić information content (AvgIpc) is 3.15. The number of ether oxygens (including phenoxy) is 1. The van der Waals surface area contributed by atoms with E-state index in [1.807, 2.05) is 19.9 Å². The van der Waals surface area contributed by atoms with Crippen LogP contribution in [0.3, 0.4) is 0 Å². The number of carbonyl (C=O) groups is 2. The number of rotatable bonds is 4. The molecule has 2 aliphatic rings. The molecule has 0 aliphatic carbocycles. The van der Waals surface area contributed by atoms with Gasteiger partial charge >= 0.3 is 5.97 Å². The van der Waals surface area contributed by atoms with Gasteiger partial charge in [-0.25, -0.2) is 0 Å². The number of esters is 1. The number of nitrogens with zero attached hydrogens (tertiary/aromatic N) is 3. The molecule has 1 aromatic heterocycles. The van der Waals surface area contributed by atoms with Crippen LogP contribution in [0.5, 0.6) is 0 Å². The van der Waals surface area contributed by atoms with Gasteiger partial charge in [0.25, 0.3) is 0 Å². The number of aliphatic hydroxyl groups excluding tert-OH is 3. The predicted octanol–water partition coefficient (Wildman–Crippen LogP) is 2.84. The van der Waals surface area contributed by atoms with E-state index in [-0.39, 0.29) is 36.3 Å². The quantitative estimate of drug-likeness (QED) is 0.392. The van der Waals surface area contributed by atoms with Crippen molar-refractivity contribution in [3.63, 3.8) is 0 Å². The number of β-amino-alcohol motifs (C(OH)–C–C–N with tert-alkyl or cyclic N) is 1. The van der Waals surface area contributed by atoms with Crippen LogP contribution in [-0.4, -0.2) is 83.8 Å². The Hall–Kier alpha value is -1.72. The molecular weight excluding hydrogens is 494 g/mol. The van der Waals surface area contributed by atoms with Gasteiger partial charge in [0, 0.05) is 30.5 Å². The van der Waals surface area contributed by atoms with Crippen LogP contribution in [0.15, 0.2) is 11.8 Å². The van der Waals surface area contributed by atoms with E-state index in [2.05, 4.69) is 20.6 Å². The van der Waals surface area contributed by atoms with Crippen molar-refractivity contribution in [1.29, 1.82) is 0 Å². The van der Waals surface area contributed by atoms with Gasteiger partial charge in [-0.2, -0.15) is 8.75 Å². The molecule has 0 amide bonds. The molecule has 1 aromatic rings. The molecule has 208 valence electrons. The number of aromatic nitrogens is 2. The fraction of sp³-hybridized carbons (Fsp3) is 0.778. The molecule has 2 aliphatic heterocycles. The summed E-state index contributed by atoms with van der Waals surface area (Å²) in [6.07, 6.45) is 3.53. The van der Waals surface area contributed by atoms with Crippen LogP contribution in [0.4, 0.5) is 0 Å². The zero-order chi connectivity index (χ0) is 27.5. The Morgan fingerprint density at radius 1 is 1.27 bits per heavy atom. The monoisotopic (exact) mass is 537 g/mol. The number of hydrogen-bond acceptors (Lipinski definition) is 10. The van der Waals surface area contributed by atoms with Gasteiger partial charge in [-0.05, 0) is 44.3 Å². The molecule has 8 atom stereocenters. The van der Waals surface area contributed by atoms with Crippen LogP contribution in [-0.2, 0) is 14.3 Å². The molecule has 37 heavy (non-hydrogen) atoms. The van der Waals surface area contributed by atoms with Crippen molar-refractivity contribution in [2.24, 2.45) is 17.3 Å². The van der Waals surface area contributed by atoms with Crippen LogP contribution < -0.4 is 0 Å². The van der Waals surface area contributed by atoms with Crippen molar-refractivity contribution in [3.8, 4) is 0 Å². The summed E-state index contributed by atoms with van der Waals surface area (Å²) in [5.41, 5.74) is 0.108. The topological polar surface area (TPSA) is 133 Å². The van der Waals surface area contributed by atoms with Crippen LogP contribution >= 0.6 is 11.7 Å². The molecule has 1 unspecified atom stereocenters. The number of ketones is 1. The molecule has 2 saturated heterocycles. The van der Waals surface area contributed by atoms with Crippen LogP contribution in [0, 0.1) is 17.3 Å². The fourth-order valence-corrected chi connectivity index (χ4v) is 6.25. The third kappa shape index (κ3) is 6.65. The second kappa shape index (κ2) is 12.0. The Morgan fingerprint density at radius 2 is 1.97 bits per heavy atom. The Balaban J connectivity index is 1.92. The molecule has 9 nitrogen and oxygen atoms in total. The van der Waals surface area contributed by atoms with Gasteiger partial charge in [-0.1, -0.05) is 34.1 Å². The van der Waals surface area contributed by atoms with Gasteiger partial charge in [0.15, 0.2) is 0 Å². The minimum absolute atomic E-state index is 0.0336. The van der Waals surface area contributed by atoms with E-state index in [1.165, 1.54) is 0 Å². The highest BCUT2D eigenvalue weighted by atomic mass is 32.1. The summed E-state index contributed by atoms with van der Waals surface area (Å²) in [7, 11) is 0. The standard InChI is InChI=1S/C27H43N3O6S/c1-16-8-7-9-27(6)21(30(27)10-11-31)13-20(17(2)12-19-15-28-37-29-19)36-23(33)14-22(32)26(4,5)25(35)18(3)24(16)34/h12,15-16,18,20-22,24,31-32,34H,7-11,13-14H2,1-6H3/b17-12+/t16-,18+,20-,21-,22-,24-,27+,30?/m0/s1. The maximum atomic E-state index is 13.3. The number of cyclic esters (lactones) is 1. The number of aliphatic hydroxyl groups is 3. The van der Waals surface area contributed by atoms with E-state index in [1.54, 1.807) is 27.0 Å². The molecule has 0 spiro atoms. The molecule has 3 rings (SSSR count). The first-order chi connectivity index (χ1) is 17.3. The molecule has 0 bridgehead atoms. The van der Waals surface area contributed by atoms with Crippen molar-refractivity contribution in [3.05, 3.63) is 17.5 Å². The van der Waals surface area contributed by atoms with E-state index >= 15 is 0 Å². The van der Waals surface area contributed by atoms with Crippen LogP contribution in [0.1, 0.15) is 79.3 Å². The molecule has 0 saturated carbocycles. The molecule has 2 fully saturated rings. The lowest BCUT2D eigenvalue weighted by molar-refractivity contribution is -0.154. The predicted molar refractivity (Wildman–Crippen MR) is 142 cm³/mol. The van der Waals surface area contributed by atoms with Gasteiger partial charge in [-0.15, -0.1) is 0 Å². The highest BCUT2D eigenvalue weighted by Crippen LogP contribution is 2.48. The summed E-state index contributed by atoms with van der Waals surface area (Å²) in [4.78, 5) is 28.6. The third-order valence-corrected chi connectivity index (χ3v) is 9.17. The molecule has 3 heterocycles. The lowest BCUT2D eigenvalue weighted by atomic mass is 9.73. The summed E-state index contributed by atoms with van der Waals surface area (Å²) < 4.78 is 14.2. The Bertz CT molecular complexity index is 967. The number of Topliss-reactive ketones (excluding diaryl/α,β-unsaturated/α-hetero) is 1. The molecule has 3 N–H and O–H groups in total. The van der Waals surface area contributed by atoms with E-state index in [4.69, 9.17) is 4.74 Å². The second-order valence-electron chi connectivity index (χ2n) is 11.7. The first kappa shape index (κ1) is 29.8. The maximum Gasteiger partial charge on any atom is 0.309 e. The summed E-state index contributed by atoms with van der Waals surface area (Å²) in [5.74, 6) is -1.64. The average molecular weight is 538 g/mol. The van der Waals surface area contributed by atoms with Gasteiger partial charge in [-0.3, -0.25) is 14.5 Å². The number of fused-ring (bicyclic) bond motifs is 1. The number of hydrogen-bond donors (Lipinski definition) is 3. The molecule has 10 heteroatoms. The largest absolute Gasteiger partial charge is 0.458 e. The smallest absolute Gasteiger partial charge is 0.309 e. The zero-order valence-electron chi connectivity index (χ0n) is 22.9. The summed E-state index contributed by atoms with van der Waals surface area (Å²) in [6.45, 7) is 11.5. The van der Waals surface area contributed by atoms with Crippen molar-refractivity contribution in [1.82, 2.24) is 13.6 Å². The Morgan fingerprint density at radius 3 is 2.59 bits per heavy atom. The summed E-state index contributed by atoms with van der Waals surface area (Å²) in [6, 6.07) is 0.101. The van der Waals surface area contributed by atoms with Gasteiger partial charge in [0.05, 0.1) is 54.3 Å². The van der Waals surface area contributed by atoms with E-state index in [0.29, 0.717) is 18.7 Å². The van der Waals surface area contributed by atoms with Crippen LogP contribution in [0.2, 0.25) is 0 Å². The summed E-state index contributed by atoms with van der Waals surface area (Å²) >= 11 is 1.10. The van der Waals surface area contributed by atoms with E-state index in [0.717, 1.165) is 36.6 Å². The maximum absolute atomic E-state index is 13.3. The Kier molecular flexibility index (Phi) is 9.66. The van der Waals surface area contributed by atoms with Crippen molar-refractivity contribution >= 4 is 29.6 Å². The lowest BCUT2D eigenvalue weighted by Gasteiger charge is -2.34. The first-order valence-corrected chi connectivity index (χ1v) is 14.0. The van der Waals surface area contributed by atoms with Gasteiger partial charge < -0.3 is 20.1 Å². The fourth-order valence-electron chi connectivity index (χ4n) is 5.85. The van der Waals surface area contributed by atoms with Crippen molar-refractivity contribution in [2.75, 3.05) is 13.2 Å². The van der Waals surface area contributed by atoms with Gasteiger partial charge in [0.2, 0.25) is 0 Å².